The van der Waals surface area contributed by atoms with Gasteiger partial charge >= 0.3 is 0 Å². The number of benzene rings is 1. The highest BCUT2D eigenvalue weighted by Gasteiger charge is 2.27. The summed E-state index contributed by atoms with van der Waals surface area (Å²) in [5.74, 6) is 1.05. The van der Waals surface area contributed by atoms with Gasteiger partial charge < -0.3 is 9.73 Å². The van der Waals surface area contributed by atoms with Gasteiger partial charge in [0.2, 0.25) is 0 Å². The number of halogens is 1. The van der Waals surface area contributed by atoms with Crippen molar-refractivity contribution in [2.45, 2.75) is 51.0 Å². The Kier molecular flexibility index (Phi) is 4.06. The van der Waals surface area contributed by atoms with E-state index in [2.05, 4.69) is 12.2 Å². The van der Waals surface area contributed by atoms with Gasteiger partial charge in [0, 0.05) is 17.3 Å². The van der Waals surface area contributed by atoms with Crippen LogP contribution in [0.5, 0.6) is 0 Å². The van der Waals surface area contributed by atoms with E-state index in [0.29, 0.717) is 17.5 Å². The lowest BCUT2D eigenvalue weighted by Gasteiger charge is -2.24. The summed E-state index contributed by atoms with van der Waals surface area (Å²) in [5, 5.41) is 4.45. The van der Waals surface area contributed by atoms with Gasteiger partial charge in [-0.1, -0.05) is 38.3 Å². The number of rotatable bonds is 3. The molecule has 1 aromatic heterocycles. The lowest BCUT2D eigenvalue weighted by Crippen LogP contribution is -2.33. The van der Waals surface area contributed by atoms with Gasteiger partial charge in [0.05, 0.1) is 0 Å². The maximum atomic E-state index is 13.8. The molecular formula is C17H22FNO. The molecule has 0 saturated heterocycles. The summed E-state index contributed by atoms with van der Waals surface area (Å²) in [6, 6.07) is 7.60. The first-order valence-corrected chi connectivity index (χ1v) is 7.71. The zero-order valence-electron chi connectivity index (χ0n) is 12.0. The van der Waals surface area contributed by atoms with Crippen LogP contribution in [-0.4, -0.2) is 12.6 Å². The van der Waals surface area contributed by atoms with Gasteiger partial charge in [0.15, 0.2) is 11.4 Å². The fourth-order valence-corrected chi connectivity index (χ4v) is 3.38. The normalized spacial score (nSPS) is 23.9. The second kappa shape index (κ2) is 5.96. The van der Waals surface area contributed by atoms with E-state index in [1.807, 2.05) is 12.1 Å². The molecule has 3 heteroatoms. The number of nitrogens with one attached hydrogen (secondary N) is 1. The van der Waals surface area contributed by atoms with E-state index in [1.165, 1.54) is 31.7 Å². The van der Waals surface area contributed by atoms with E-state index in [1.54, 1.807) is 6.07 Å². The summed E-state index contributed by atoms with van der Waals surface area (Å²) in [7, 11) is 0. The fourth-order valence-electron chi connectivity index (χ4n) is 3.38. The molecule has 0 aliphatic heterocycles. The van der Waals surface area contributed by atoms with Crippen LogP contribution in [0.1, 0.15) is 50.7 Å². The molecule has 2 aromatic rings. The SMILES string of the molecule is CCNC1CCCCCC1c1cc2cccc(F)c2o1. The summed E-state index contributed by atoms with van der Waals surface area (Å²) >= 11 is 0. The van der Waals surface area contributed by atoms with Crippen LogP contribution in [0.25, 0.3) is 11.0 Å². The summed E-state index contributed by atoms with van der Waals surface area (Å²) in [4.78, 5) is 0. The molecule has 0 amide bonds. The van der Waals surface area contributed by atoms with Gasteiger partial charge in [-0.3, -0.25) is 0 Å². The Bertz CT molecular complexity index is 577. The van der Waals surface area contributed by atoms with E-state index >= 15 is 0 Å². The first kappa shape index (κ1) is 13.6. The van der Waals surface area contributed by atoms with Crippen LogP contribution in [0.4, 0.5) is 4.39 Å². The molecule has 0 spiro atoms. The lowest BCUT2D eigenvalue weighted by molar-refractivity contribution is 0.366. The van der Waals surface area contributed by atoms with Gasteiger partial charge in [-0.2, -0.15) is 0 Å². The average Bonchev–Trinajstić information content (AvgIpc) is 2.74. The molecule has 108 valence electrons. The first-order valence-electron chi connectivity index (χ1n) is 7.71. The Labute approximate surface area is 119 Å². The van der Waals surface area contributed by atoms with Gasteiger partial charge in [-0.25, -0.2) is 4.39 Å². The number of likely N-dealkylation sites (N-methyl/N-ethyl adjacent to an activating group) is 1. The molecule has 3 rings (SSSR count). The maximum Gasteiger partial charge on any atom is 0.169 e. The Morgan fingerprint density at radius 1 is 1.25 bits per heavy atom. The largest absolute Gasteiger partial charge is 0.458 e. The number of furan rings is 1. The van der Waals surface area contributed by atoms with Crippen LogP contribution in [0.2, 0.25) is 0 Å². The third kappa shape index (κ3) is 2.59. The smallest absolute Gasteiger partial charge is 0.169 e. The molecule has 1 fully saturated rings. The van der Waals surface area contributed by atoms with Gasteiger partial charge in [-0.05, 0) is 31.5 Å². The summed E-state index contributed by atoms with van der Waals surface area (Å²) in [6.07, 6.45) is 6.08. The van der Waals surface area contributed by atoms with Crippen LogP contribution in [0, 0.1) is 5.82 Å². The number of para-hydroxylation sites is 1. The van der Waals surface area contributed by atoms with Crippen molar-refractivity contribution in [1.29, 1.82) is 0 Å². The monoisotopic (exact) mass is 275 g/mol. The van der Waals surface area contributed by atoms with Crippen LogP contribution < -0.4 is 5.32 Å². The van der Waals surface area contributed by atoms with Crippen LogP contribution in [0.15, 0.2) is 28.7 Å². The second-order valence-electron chi connectivity index (χ2n) is 5.72. The molecular weight excluding hydrogens is 253 g/mol. The van der Waals surface area contributed by atoms with Crippen molar-refractivity contribution in [3.63, 3.8) is 0 Å². The number of hydrogen-bond donors (Lipinski definition) is 1. The summed E-state index contributed by atoms with van der Waals surface area (Å²) < 4.78 is 19.6. The minimum atomic E-state index is -0.262. The van der Waals surface area contributed by atoms with Crippen LogP contribution >= 0.6 is 0 Å². The highest BCUT2D eigenvalue weighted by molar-refractivity contribution is 5.78. The minimum absolute atomic E-state index is 0.262. The minimum Gasteiger partial charge on any atom is -0.458 e. The van der Waals surface area contributed by atoms with E-state index in [0.717, 1.165) is 24.1 Å². The molecule has 1 aromatic carbocycles. The number of fused-ring (bicyclic) bond motifs is 1. The van der Waals surface area contributed by atoms with Crippen molar-refractivity contribution in [3.8, 4) is 0 Å². The zero-order chi connectivity index (χ0) is 13.9. The molecule has 2 atom stereocenters. The van der Waals surface area contributed by atoms with E-state index in [9.17, 15) is 4.39 Å². The molecule has 20 heavy (non-hydrogen) atoms. The van der Waals surface area contributed by atoms with Crippen molar-refractivity contribution in [2.75, 3.05) is 6.54 Å². The predicted molar refractivity (Wildman–Crippen MR) is 79.5 cm³/mol. The van der Waals surface area contributed by atoms with Gasteiger partial charge in [0.1, 0.15) is 5.76 Å². The highest BCUT2D eigenvalue weighted by atomic mass is 19.1. The van der Waals surface area contributed by atoms with Crippen LogP contribution in [-0.2, 0) is 0 Å². The van der Waals surface area contributed by atoms with Crippen molar-refractivity contribution >= 4 is 11.0 Å². The summed E-state index contributed by atoms with van der Waals surface area (Å²) in [5.41, 5.74) is 0.405. The fraction of sp³-hybridized carbons (Fsp3) is 0.529. The summed E-state index contributed by atoms with van der Waals surface area (Å²) in [6.45, 7) is 3.11. The molecule has 1 saturated carbocycles. The molecule has 1 aliphatic rings. The van der Waals surface area contributed by atoms with Crippen molar-refractivity contribution in [1.82, 2.24) is 5.32 Å². The van der Waals surface area contributed by atoms with Crippen molar-refractivity contribution in [3.05, 3.63) is 35.8 Å². The van der Waals surface area contributed by atoms with Crippen molar-refractivity contribution < 1.29 is 8.81 Å². The number of hydrogen-bond acceptors (Lipinski definition) is 2. The van der Waals surface area contributed by atoms with Crippen LogP contribution in [0.3, 0.4) is 0 Å². The maximum absolute atomic E-state index is 13.8. The molecule has 0 bridgehead atoms. The average molecular weight is 275 g/mol. The molecule has 2 unspecified atom stereocenters. The quantitative estimate of drug-likeness (QED) is 0.828. The van der Waals surface area contributed by atoms with Gasteiger partial charge in [0.25, 0.3) is 0 Å². The third-order valence-corrected chi connectivity index (χ3v) is 4.36. The Morgan fingerprint density at radius 3 is 2.90 bits per heavy atom. The predicted octanol–water partition coefficient (Wildman–Crippen LogP) is 4.60. The Hall–Kier alpha value is -1.35. The first-order chi connectivity index (χ1) is 9.79. The molecule has 1 N–H and O–H groups in total. The van der Waals surface area contributed by atoms with E-state index < -0.39 is 0 Å². The topological polar surface area (TPSA) is 25.2 Å². The second-order valence-corrected chi connectivity index (χ2v) is 5.72. The Balaban J connectivity index is 1.96. The van der Waals surface area contributed by atoms with Gasteiger partial charge in [-0.15, -0.1) is 0 Å². The standard InChI is InChI=1S/C17H22FNO/c1-2-19-15-10-5-3-4-8-13(15)16-11-12-7-6-9-14(18)17(12)20-16/h6-7,9,11,13,15,19H,2-5,8,10H2,1H3. The van der Waals surface area contributed by atoms with E-state index in [4.69, 9.17) is 4.42 Å². The third-order valence-electron chi connectivity index (χ3n) is 4.36. The lowest BCUT2D eigenvalue weighted by atomic mass is 9.92. The highest BCUT2D eigenvalue weighted by Crippen LogP contribution is 2.35. The van der Waals surface area contributed by atoms with E-state index in [-0.39, 0.29) is 5.82 Å². The molecule has 1 aliphatic carbocycles. The zero-order valence-corrected chi connectivity index (χ0v) is 12.0. The molecule has 1 heterocycles. The Morgan fingerprint density at radius 2 is 2.10 bits per heavy atom. The molecule has 0 radical (unpaired) electrons. The van der Waals surface area contributed by atoms with Crippen molar-refractivity contribution in [2.24, 2.45) is 0 Å². The molecule has 2 nitrogen and oxygen atoms in total.